The number of ether oxygens (including phenoxy) is 1. The maximum Gasteiger partial charge on any atom is 0.410 e. The molecule has 2 amide bonds. The summed E-state index contributed by atoms with van der Waals surface area (Å²) >= 11 is 12.0. The van der Waals surface area contributed by atoms with Gasteiger partial charge >= 0.3 is 6.09 Å². The first-order valence-electron chi connectivity index (χ1n) is 8.68. The number of hydrogen-bond donors (Lipinski definition) is 1. The van der Waals surface area contributed by atoms with E-state index in [2.05, 4.69) is 11.4 Å². The Morgan fingerprint density at radius 3 is 2.44 bits per heavy atom. The van der Waals surface area contributed by atoms with Gasteiger partial charge in [0, 0.05) is 36.0 Å². The van der Waals surface area contributed by atoms with E-state index in [-0.39, 0.29) is 12.3 Å². The second kappa shape index (κ2) is 8.37. The van der Waals surface area contributed by atoms with Crippen LogP contribution in [0.3, 0.4) is 0 Å². The molecule has 0 bridgehead atoms. The number of rotatable bonds is 3. The molecule has 2 rings (SSSR count). The maximum absolute atomic E-state index is 12.4. The van der Waals surface area contributed by atoms with Gasteiger partial charge in [0.25, 0.3) is 0 Å². The highest BCUT2D eigenvalue weighted by Crippen LogP contribution is 2.25. The molecule has 0 radical (unpaired) electrons. The van der Waals surface area contributed by atoms with Crippen LogP contribution in [0.2, 0.25) is 10.0 Å². The summed E-state index contributed by atoms with van der Waals surface area (Å²) in [6.07, 6.45) is 0.314. The fourth-order valence-electron chi connectivity index (χ4n) is 2.81. The van der Waals surface area contributed by atoms with Crippen LogP contribution in [-0.4, -0.2) is 41.1 Å². The molecule has 6 nitrogen and oxygen atoms in total. The van der Waals surface area contributed by atoms with Crippen molar-refractivity contribution in [3.05, 3.63) is 33.8 Å². The highest BCUT2D eigenvalue weighted by Gasteiger charge is 2.38. The summed E-state index contributed by atoms with van der Waals surface area (Å²) in [5.41, 5.74) is -0.945. The van der Waals surface area contributed by atoms with Crippen LogP contribution in [0.1, 0.15) is 39.2 Å². The Labute approximate surface area is 169 Å². The van der Waals surface area contributed by atoms with Crippen LogP contribution >= 0.6 is 23.2 Å². The van der Waals surface area contributed by atoms with Crippen LogP contribution in [0.4, 0.5) is 4.79 Å². The number of carbonyl (C=O) groups is 2. The fraction of sp³-hybridized carbons (Fsp3) is 0.526. The average molecular weight is 412 g/mol. The molecule has 0 atom stereocenters. The summed E-state index contributed by atoms with van der Waals surface area (Å²) in [4.78, 5) is 26.1. The number of nitriles is 1. The Morgan fingerprint density at radius 1 is 1.30 bits per heavy atom. The lowest BCUT2D eigenvalue weighted by molar-refractivity contribution is -0.122. The van der Waals surface area contributed by atoms with Crippen LogP contribution in [0.15, 0.2) is 18.2 Å². The summed E-state index contributed by atoms with van der Waals surface area (Å²) in [6, 6.07) is 7.13. The summed E-state index contributed by atoms with van der Waals surface area (Å²) in [6.45, 7) is 6.08. The van der Waals surface area contributed by atoms with Crippen molar-refractivity contribution >= 4 is 35.2 Å². The summed E-state index contributed by atoms with van der Waals surface area (Å²) in [5, 5.41) is 13.3. The third-order valence-corrected chi connectivity index (χ3v) is 4.81. The molecule has 0 unspecified atom stereocenters. The van der Waals surface area contributed by atoms with E-state index >= 15 is 0 Å². The quantitative estimate of drug-likeness (QED) is 0.815. The molecule has 0 saturated carbocycles. The van der Waals surface area contributed by atoms with E-state index in [1.807, 2.05) is 0 Å². The Balaban J connectivity index is 1.96. The number of nitrogens with zero attached hydrogens (tertiary/aromatic N) is 2. The fourth-order valence-corrected chi connectivity index (χ4v) is 3.29. The molecule has 0 aliphatic carbocycles. The monoisotopic (exact) mass is 411 g/mol. The molecular formula is C19H23Cl2N3O3. The molecule has 1 aliphatic heterocycles. The first-order valence-corrected chi connectivity index (χ1v) is 9.43. The van der Waals surface area contributed by atoms with E-state index in [4.69, 9.17) is 27.9 Å². The van der Waals surface area contributed by atoms with Crippen molar-refractivity contribution in [2.75, 3.05) is 13.1 Å². The van der Waals surface area contributed by atoms with Crippen molar-refractivity contribution in [3.63, 3.8) is 0 Å². The van der Waals surface area contributed by atoms with Gasteiger partial charge in [0.15, 0.2) is 0 Å². The van der Waals surface area contributed by atoms with Crippen molar-refractivity contribution in [3.8, 4) is 6.07 Å². The zero-order valence-corrected chi connectivity index (χ0v) is 17.2. The molecule has 1 heterocycles. The van der Waals surface area contributed by atoms with Crippen LogP contribution in [0, 0.1) is 11.3 Å². The molecule has 27 heavy (non-hydrogen) atoms. The molecule has 0 aromatic heterocycles. The second-order valence-corrected chi connectivity index (χ2v) is 8.47. The van der Waals surface area contributed by atoms with E-state index in [1.54, 1.807) is 43.9 Å². The van der Waals surface area contributed by atoms with Gasteiger partial charge in [0.05, 0.1) is 12.5 Å². The predicted molar refractivity (Wildman–Crippen MR) is 104 cm³/mol. The SMILES string of the molecule is CC(C)(C)OC(=O)N1CCC(C#N)(NC(=O)Cc2ccc(Cl)cc2Cl)CC1. The van der Waals surface area contributed by atoms with Gasteiger partial charge in [-0.1, -0.05) is 29.3 Å². The third-order valence-electron chi connectivity index (χ3n) is 4.23. The minimum atomic E-state index is -1.01. The number of carbonyl (C=O) groups excluding carboxylic acids is 2. The first-order chi connectivity index (χ1) is 12.5. The van der Waals surface area contributed by atoms with Crippen molar-refractivity contribution < 1.29 is 14.3 Å². The zero-order valence-electron chi connectivity index (χ0n) is 15.6. The van der Waals surface area contributed by atoms with Gasteiger partial charge in [-0.15, -0.1) is 0 Å². The summed E-state index contributed by atoms with van der Waals surface area (Å²) in [5.74, 6) is -0.300. The molecule has 8 heteroatoms. The predicted octanol–water partition coefficient (Wildman–Crippen LogP) is 3.95. The standard InChI is InChI=1S/C19H23Cl2N3O3/c1-18(2,3)27-17(26)24-8-6-19(12-22,7-9-24)23-16(25)10-13-4-5-14(20)11-15(13)21/h4-5,11H,6-10H2,1-3H3,(H,23,25). The largest absolute Gasteiger partial charge is 0.444 e. The van der Waals surface area contributed by atoms with Gasteiger partial charge < -0.3 is 15.0 Å². The number of piperidine rings is 1. The smallest absolute Gasteiger partial charge is 0.410 e. The van der Waals surface area contributed by atoms with E-state index in [1.165, 1.54) is 0 Å². The number of benzene rings is 1. The van der Waals surface area contributed by atoms with Gasteiger partial charge in [-0.3, -0.25) is 4.79 Å². The maximum atomic E-state index is 12.4. The highest BCUT2D eigenvalue weighted by molar-refractivity contribution is 6.35. The van der Waals surface area contributed by atoms with Gasteiger partial charge in [-0.2, -0.15) is 5.26 Å². The average Bonchev–Trinajstić information content (AvgIpc) is 2.56. The molecule has 0 spiro atoms. The van der Waals surface area contributed by atoms with Crippen LogP contribution in [0.25, 0.3) is 0 Å². The van der Waals surface area contributed by atoms with Crippen molar-refractivity contribution in [2.45, 2.75) is 51.2 Å². The zero-order chi connectivity index (χ0) is 20.2. The van der Waals surface area contributed by atoms with Gasteiger partial charge in [-0.25, -0.2) is 4.79 Å². The lowest BCUT2D eigenvalue weighted by atomic mass is 9.88. The van der Waals surface area contributed by atoms with E-state index in [0.29, 0.717) is 41.5 Å². The molecule has 1 aromatic carbocycles. The van der Waals surface area contributed by atoms with Crippen LogP contribution in [0.5, 0.6) is 0 Å². The summed E-state index contributed by atoms with van der Waals surface area (Å²) in [7, 11) is 0. The van der Waals surface area contributed by atoms with E-state index in [0.717, 1.165) is 0 Å². The van der Waals surface area contributed by atoms with Gasteiger partial charge in [0.1, 0.15) is 11.1 Å². The molecule has 146 valence electrons. The molecular weight excluding hydrogens is 389 g/mol. The molecule has 1 saturated heterocycles. The number of nitrogens with one attached hydrogen (secondary N) is 1. The van der Waals surface area contributed by atoms with Gasteiger partial charge in [0.2, 0.25) is 5.91 Å². The van der Waals surface area contributed by atoms with Gasteiger partial charge in [-0.05, 0) is 38.5 Å². The number of amides is 2. The van der Waals surface area contributed by atoms with Crippen LogP contribution in [-0.2, 0) is 16.0 Å². The molecule has 1 aromatic rings. The Hall–Kier alpha value is -1.97. The molecule has 1 aliphatic rings. The van der Waals surface area contributed by atoms with Crippen molar-refractivity contribution in [2.24, 2.45) is 0 Å². The van der Waals surface area contributed by atoms with Crippen LogP contribution < -0.4 is 5.32 Å². The second-order valence-electron chi connectivity index (χ2n) is 7.62. The topological polar surface area (TPSA) is 82.4 Å². The minimum absolute atomic E-state index is 0.0508. The molecule has 1 fully saturated rings. The summed E-state index contributed by atoms with van der Waals surface area (Å²) < 4.78 is 5.35. The lowest BCUT2D eigenvalue weighted by Crippen LogP contribution is -2.56. The Bertz CT molecular complexity index is 760. The number of likely N-dealkylation sites (tertiary alicyclic amines) is 1. The highest BCUT2D eigenvalue weighted by atomic mass is 35.5. The molecule has 1 N–H and O–H groups in total. The van der Waals surface area contributed by atoms with E-state index in [9.17, 15) is 14.9 Å². The number of hydrogen-bond acceptors (Lipinski definition) is 4. The van der Waals surface area contributed by atoms with Crippen molar-refractivity contribution in [1.29, 1.82) is 5.26 Å². The Kier molecular flexibility index (Phi) is 6.61. The van der Waals surface area contributed by atoms with Crippen molar-refractivity contribution in [1.82, 2.24) is 10.2 Å². The lowest BCUT2D eigenvalue weighted by Gasteiger charge is -2.38. The first kappa shape index (κ1) is 21.3. The normalized spacial score (nSPS) is 16.4. The minimum Gasteiger partial charge on any atom is -0.444 e. The Morgan fingerprint density at radius 2 is 1.93 bits per heavy atom. The van der Waals surface area contributed by atoms with E-state index < -0.39 is 17.2 Å². The third kappa shape index (κ3) is 6.02. The number of halogens is 2.